The van der Waals surface area contributed by atoms with Crippen LogP contribution in [0.5, 0.6) is 0 Å². The molecule has 0 spiro atoms. The minimum atomic E-state index is 0.0611. The summed E-state index contributed by atoms with van der Waals surface area (Å²) < 4.78 is 0.528. The van der Waals surface area contributed by atoms with E-state index in [2.05, 4.69) is 19.1 Å². The predicted octanol–water partition coefficient (Wildman–Crippen LogP) is 5.17. The highest BCUT2D eigenvalue weighted by Gasteiger charge is 2.24. The first kappa shape index (κ1) is 27.6. The van der Waals surface area contributed by atoms with E-state index < -0.39 is 0 Å². The second-order valence-corrected chi connectivity index (χ2v) is 8.39. The Kier molecular flexibility index (Phi) is 21.0. The van der Waals surface area contributed by atoms with Gasteiger partial charge in [0.15, 0.2) is 6.73 Å². The Morgan fingerprint density at radius 2 is 1.04 bits per heavy atom. The van der Waals surface area contributed by atoms with Gasteiger partial charge in [0.1, 0.15) is 6.54 Å². The first-order chi connectivity index (χ1) is 13.7. The summed E-state index contributed by atoms with van der Waals surface area (Å²) in [4.78, 5) is 0. The van der Waals surface area contributed by atoms with Crippen molar-refractivity contribution in [3.8, 4) is 0 Å². The van der Waals surface area contributed by atoms with Crippen molar-refractivity contribution in [1.29, 1.82) is 0 Å². The lowest BCUT2D eigenvalue weighted by molar-refractivity contribution is -0.945. The lowest BCUT2D eigenvalue weighted by atomic mass is 10.1. The van der Waals surface area contributed by atoms with Gasteiger partial charge in [0, 0.05) is 13.0 Å². The number of hydrogen-bond acceptors (Lipinski definition) is 3. The Labute approximate surface area is 175 Å². The topological polar surface area (TPSA) is 60.7 Å². The molecule has 4 heteroatoms. The Morgan fingerprint density at radius 3 is 1.54 bits per heavy atom. The summed E-state index contributed by atoms with van der Waals surface area (Å²) in [7, 11) is 0. The summed E-state index contributed by atoms with van der Waals surface area (Å²) in [5, 5.41) is 28.1. The van der Waals surface area contributed by atoms with E-state index >= 15 is 0 Å². The monoisotopic (exact) mass is 400 g/mol. The fourth-order valence-electron chi connectivity index (χ4n) is 3.86. The third-order valence-corrected chi connectivity index (χ3v) is 5.81. The average molecular weight is 401 g/mol. The van der Waals surface area contributed by atoms with Crippen LogP contribution in [0.1, 0.15) is 103 Å². The molecule has 0 saturated heterocycles. The van der Waals surface area contributed by atoms with E-state index in [1.165, 1.54) is 83.5 Å². The van der Waals surface area contributed by atoms with Crippen LogP contribution in [0.2, 0.25) is 0 Å². The van der Waals surface area contributed by atoms with Crippen molar-refractivity contribution < 1.29 is 19.8 Å². The molecular formula is C24H50NO3+. The lowest BCUT2D eigenvalue weighted by Crippen LogP contribution is -2.52. The van der Waals surface area contributed by atoms with Crippen molar-refractivity contribution in [2.24, 2.45) is 0 Å². The van der Waals surface area contributed by atoms with E-state index in [4.69, 9.17) is 5.11 Å². The summed E-state index contributed by atoms with van der Waals surface area (Å²) in [5.41, 5.74) is 0. The van der Waals surface area contributed by atoms with Crippen LogP contribution in [0.25, 0.3) is 0 Å². The van der Waals surface area contributed by atoms with Crippen LogP contribution in [0.15, 0.2) is 12.2 Å². The maximum atomic E-state index is 9.73. The van der Waals surface area contributed by atoms with Crippen LogP contribution in [0.3, 0.4) is 0 Å². The SMILES string of the molecule is CCCCCCCC/C=C\CCCCCCCC[N+](CO)(CCO)CCCO. The molecule has 0 aromatic heterocycles. The quantitative estimate of drug-likeness (QED) is 0.102. The highest BCUT2D eigenvalue weighted by atomic mass is 16.3. The molecule has 1 unspecified atom stereocenters. The van der Waals surface area contributed by atoms with Gasteiger partial charge in [0.25, 0.3) is 0 Å². The van der Waals surface area contributed by atoms with Gasteiger partial charge in [-0.2, -0.15) is 0 Å². The minimum Gasteiger partial charge on any atom is -0.396 e. The smallest absolute Gasteiger partial charge is 0.180 e. The van der Waals surface area contributed by atoms with Gasteiger partial charge in [-0.1, -0.05) is 70.4 Å². The van der Waals surface area contributed by atoms with E-state index in [1.54, 1.807) is 0 Å². The molecule has 0 amide bonds. The molecule has 0 heterocycles. The Bertz CT molecular complexity index is 336. The highest BCUT2D eigenvalue weighted by molar-refractivity contribution is 4.81. The molecule has 0 radical (unpaired) electrons. The largest absolute Gasteiger partial charge is 0.396 e. The molecule has 4 nitrogen and oxygen atoms in total. The Hall–Kier alpha value is -0.420. The first-order valence-corrected chi connectivity index (χ1v) is 12.1. The zero-order valence-corrected chi connectivity index (χ0v) is 18.8. The van der Waals surface area contributed by atoms with Crippen molar-refractivity contribution in [2.75, 3.05) is 39.6 Å². The lowest BCUT2D eigenvalue weighted by Gasteiger charge is -2.36. The number of unbranched alkanes of at least 4 members (excludes halogenated alkanes) is 12. The molecule has 1 atom stereocenters. The van der Waals surface area contributed by atoms with Gasteiger partial charge in [-0.3, -0.25) is 4.48 Å². The third kappa shape index (κ3) is 16.5. The maximum absolute atomic E-state index is 9.73. The first-order valence-electron chi connectivity index (χ1n) is 12.1. The molecule has 0 bridgehead atoms. The van der Waals surface area contributed by atoms with Crippen molar-refractivity contribution in [1.82, 2.24) is 0 Å². The van der Waals surface area contributed by atoms with Crippen LogP contribution in [-0.4, -0.2) is 59.4 Å². The van der Waals surface area contributed by atoms with Crippen LogP contribution >= 0.6 is 0 Å². The number of quaternary nitrogens is 1. The second kappa shape index (κ2) is 21.3. The number of aliphatic hydroxyl groups excluding tert-OH is 3. The second-order valence-electron chi connectivity index (χ2n) is 8.39. The molecule has 3 N–H and O–H groups in total. The van der Waals surface area contributed by atoms with E-state index in [0.29, 0.717) is 17.4 Å². The summed E-state index contributed by atoms with van der Waals surface area (Å²) in [6.07, 6.45) is 23.6. The molecule has 28 heavy (non-hydrogen) atoms. The number of allylic oxidation sites excluding steroid dienone is 2. The van der Waals surface area contributed by atoms with Gasteiger partial charge in [0.05, 0.1) is 19.7 Å². The van der Waals surface area contributed by atoms with E-state index in [0.717, 1.165) is 19.5 Å². The van der Waals surface area contributed by atoms with Crippen molar-refractivity contribution in [3.05, 3.63) is 12.2 Å². The van der Waals surface area contributed by atoms with Crippen molar-refractivity contribution >= 4 is 0 Å². The fourth-order valence-corrected chi connectivity index (χ4v) is 3.86. The van der Waals surface area contributed by atoms with Gasteiger partial charge in [-0.05, 0) is 38.5 Å². The number of hydrogen-bond donors (Lipinski definition) is 3. The summed E-state index contributed by atoms with van der Waals surface area (Å²) in [6, 6.07) is 0. The van der Waals surface area contributed by atoms with Crippen LogP contribution in [0, 0.1) is 0 Å². The standard InChI is InChI=1S/C24H50NO3/c1-2-3-4-5-6-7-8-9-10-11-12-13-14-15-16-17-19-25(24-28,21-23-27)20-18-22-26/h9-10,26-28H,2-8,11-24H2,1H3/q+1/b10-9-. The maximum Gasteiger partial charge on any atom is 0.180 e. The zero-order valence-electron chi connectivity index (χ0n) is 18.8. The van der Waals surface area contributed by atoms with E-state index in [9.17, 15) is 10.2 Å². The molecule has 168 valence electrons. The van der Waals surface area contributed by atoms with E-state index in [-0.39, 0.29) is 19.9 Å². The minimum absolute atomic E-state index is 0.0611. The van der Waals surface area contributed by atoms with Gasteiger partial charge in [0.2, 0.25) is 0 Å². The normalized spacial score (nSPS) is 14.0. The molecule has 0 rings (SSSR count). The summed E-state index contributed by atoms with van der Waals surface area (Å²) in [5.74, 6) is 0. The molecule has 0 aromatic rings. The molecule has 0 aliphatic rings. The average Bonchev–Trinajstić information content (AvgIpc) is 2.71. The van der Waals surface area contributed by atoms with Crippen molar-refractivity contribution in [3.63, 3.8) is 0 Å². The fraction of sp³-hybridized carbons (Fsp3) is 0.917. The van der Waals surface area contributed by atoms with Gasteiger partial charge in [-0.25, -0.2) is 0 Å². The molecule has 0 saturated carbocycles. The summed E-state index contributed by atoms with van der Waals surface area (Å²) in [6.45, 7) is 4.81. The Morgan fingerprint density at radius 1 is 0.536 bits per heavy atom. The van der Waals surface area contributed by atoms with Gasteiger partial charge < -0.3 is 15.3 Å². The van der Waals surface area contributed by atoms with Gasteiger partial charge in [-0.15, -0.1) is 0 Å². The van der Waals surface area contributed by atoms with Crippen molar-refractivity contribution in [2.45, 2.75) is 103 Å². The molecule has 0 fully saturated rings. The number of nitrogens with zero attached hydrogens (tertiary/aromatic N) is 1. The highest BCUT2D eigenvalue weighted by Crippen LogP contribution is 2.13. The third-order valence-electron chi connectivity index (χ3n) is 5.81. The number of aliphatic hydroxyl groups is 3. The number of rotatable bonds is 22. The molecular weight excluding hydrogens is 350 g/mol. The van der Waals surface area contributed by atoms with Crippen LogP contribution < -0.4 is 0 Å². The van der Waals surface area contributed by atoms with E-state index in [1.807, 2.05) is 0 Å². The van der Waals surface area contributed by atoms with Crippen LogP contribution in [0.4, 0.5) is 0 Å². The molecule has 0 aliphatic carbocycles. The molecule has 0 aromatic carbocycles. The predicted molar refractivity (Wildman–Crippen MR) is 120 cm³/mol. The zero-order chi connectivity index (χ0) is 20.8. The van der Waals surface area contributed by atoms with Crippen LogP contribution in [-0.2, 0) is 0 Å². The van der Waals surface area contributed by atoms with Gasteiger partial charge >= 0.3 is 0 Å². The Balaban J connectivity index is 3.53. The molecule has 0 aliphatic heterocycles. The summed E-state index contributed by atoms with van der Waals surface area (Å²) >= 11 is 0.